The van der Waals surface area contributed by atoms with Crippen molar-refractivity contribution in [2.45, 2.75) is 37.9 Å². The van der Waals surface area contributed by atoms with Gasteiger partial charge in [-0.1, -0.05) is 12.1 Å². The highest BCUT2D eigenvalue weighted by Crippen LogP contribution is 2.46. The Labute approximate surface area is 177 Å². The third-order valence-electron chi connectivity index (χ3n) is 5.85. The smallest absolute Gasteiger partial charge is 0.416 e. The molecule has 1 fully saturated rings. The van der Waals surface area contributed by atoms with E-state index in [9.17, 15) is 22.8 Å². The number of aliphatic carboxylic acids is 1. The average Bonchev–Trinajstić information content (AvgIpc) is 3.56. The molecule has 2 aromatic carbocycles. The number of ether oxygens (including phenoxy) is 1. The summed E-state index contributed by atoms with van der Waals surface area (Å²) in [5.41, 5.74) is 1.13. The van der Waals surface area contributed by atoms with E-state index in [2.05, 4.69) is 5.32 Å². The first-order valence-corrected chi connectivity index (χ1v) is 10.1. The van der Waals surface area contributed by atoms with Crippen molar-refractivity contribution in [3.8, 4) is 16.9 Å². The summed E-state index contributed by atoms with van der Waals surface area (Å²) in [7, 11) is 1.44. The number of carboxylic acids is 1. The van der Waals surface area contributed by atoms with E-state index >= 15 is 0 Å². The van der Waals surface area contributed by atoms with Gasteiger partial charge in [0, 0.05) is 18.0 Å². The van der Waals surface area contributed by atoms with Gasteiger partial charge in [-0.25, -0.2) is 0 Å². The highest BCUT2D eigenvalue weighted by molar-refractivity contribution is 5.93. The van der Waals surface area contributed by atoms with Gasteiger partial charge in [-0.05, 0) is 59.7 Å². The zero-order valence-corrected chi connectivity index (χ0v) is 16.9. The Morgan fingerprint density at radius 2 is 1.90 bits per heavy atom. The van der Waals surface area contributed by atoms with E-state index in [4.69, 9.17) is 9.84 Å². The predicted molar refractivity (Wildman–Crippen MR) is 107 cm³/mol. The first-order valence-electron chi connectivity index (χ1n) is 10.1. The molecular formula is C23H22F3NO4. The highest BCUT2D eigenvalue weighted by atomic mass is 19.4. The van der Waals surface area contributed by atoms with E-state index in [0.29, 0.717) is 28.0 Å². The van der Waals surface area contributed by atoms with Gasteiger partial charge in [-0.2, -0.15) is 13.2 Å². The van der Waals surface area contributed by atoms with Gasteiger partial charge >= 0.3 is 12.1 Å². The zero-order valence-electron chi connectivity index (χ0n) is 16.9. The number of carbonyl (C=O) groups excluding carboxylic acids is 1. The molecule has 2 aromatic rings. The van der Waals surface area contributed by atoms with Gasteiger partial charge in [-0.15, -0.1) is 0 Å². The fourth-order valence-corrected chi connectivity index (χ4v) is 4.30. The van der Waals surface area contributed by atoms with Gasteiger partial charge in [0.05, 0.1) is 25.1 Å². The molecule has 2 aliphatic rings. The maximum atomic E-state index is 13.8. The van der Waals surface area contributed by atoms with Crippen molar-refractivity contribution in [3.63, 3.8) is 0 Å². The van der Waals surface area contributed by atoms with Gasteiger partial charge < -0.3 is 15.2 Å². The lowest BCUT2D eigenvalue weighted by molar-refractivity contribution is -0.138. The number of hydrogen-bond donors (Lipinski definition) is 2. The number of hydrogen-bond acceptors (Lipinski definition) is 4. The van der Waals surface area contributed by atoms with E-state index in [1.807, 2.05) is 0 Å². The van der Waals surface area contributed by atoms with E-state index in [0.717, 1.165) is 18.9 Å². The second kappa shape index (κ2) is 8.00. The van der Waals surface area contributed by atoms with Gasteiger partial charge in [0.15, 0.2) is 5.78 Å². The van der Waals surface area contributed by atoms with Gasteiger partial charge in [0.2, 0.25) is 0 Å². The van der Waals surface area contributed by atoms with Crippen molar-refractivity contribution in [3.05, 3.63) is 52.6 Å². The first-order chi connectivity index (χ1) is 14.7. The second-order valence-electron chi connectivity index (χ2n) is 7.97. The molecule has 1 aliphatic carbocycles. The number of carboxylic acid groups (broad SMARTS) is 1. The number of nitrogens with one attached hydrogen (secondary N) is 1. The number of methoxy groups -OCH3 is 1. The van der Waals surface area contributed by atoms with Crippen LogP contribution in [0.4, 0.5) is 13.2 Å². The molecule has 0 saturated heterocycles. The Kier molecular flexibility index (Phi) is 5.51. The third kappa shape index (κ3) is 4.17. The third-order valence-corrected chi connectivity index (χ3v) is 5.85. The standard InChI is InChI=1S/C23H22F3NO4/c1-31-18-7-2-12(11-19(28)29)10-16(18)14-5-6-17(23(24,25)26)15-8-9-27-21(20(14)15)22(30)13-3-4-13/h2,5-7,10,13,21,27H,3-4,8-9,11H2,1H3,(H,28,29). The molecular weight excluding hydrogens is 411 g/mol. The molecule has 1 saturated carbocycles. The summed E-state index contributed by atoms with van der Waals surface area (Å²) < 4.78 is 46.7. The number of fused-ring (bicyclic) bond motifs is 1. The summed E-state index contributed by atoms with van der Waals surface area (Å²) in [6.45, 7) is 0.277. The minimum absolute atomic E-state index is 0.0952. The summed E-state index contributed by atoms with van der Waals surface area (Å²) >= 11 is 0. The normalized spacial score (nSPS) is 18.4. The number of ketones is 1. The number of alkyl halides is 3. The van der Waals surface area contributed by atoms with Crippen molar-refractivity contribution in [2.75, 3.05) is 13.7 Å². The minimum Gasteiger partial charge on any atom is -0.496 e. The zero-order chi connectivity index (χ0) is 22.3. The fraction of sp³-hybridized carbons (Fsp3) is 0.391. The fourth-order valence-electron chi connectivity index (χ4n) is 4.30. The summed E-state index contributed by atoms with van der Waals surface area (Å²) in [5, 5.41) is 12.3. The van der Waals surface area contributed by atoms with Crippen LogP contribution in [0, 0.1) is 5.92 Å². The maximum absolute atomic E-state index is 13.8. The molecule has 5 nitrogen and oxygen atoms in total. The van der Waals surface area contributed by atoms with Crippen LogP contribution >= 0.6 is 0 Å². The van der Waals surface area contributed by atoms with E-state index in [-0.39, 0.29) is 36.7 Å². The topological polar surface area (TPSA) is 75.6 Å². The summed E-state index contributed by atoms with van der Waals surface area (Å²) in [5.74, 6) is -0.846. The van der Waals surface area contributed by atoms with Crippen LogP contribution in [0.5, 0.6) is 5.75 Å². The quantitative estimate of drug-likeness (QED) is 0.715. The molecule has 0 amide bonds. The van der Waals surface area contributed by atoms with Gasteiger partial charge in [-0.3, -0.25) is 9.59 Å². The van der Waals surface area contributed by atoms with Crippen LogP contribution < -0.4 is 10.1 Å². The molecule has 164 valence electrons. The second-order valence-corrected chi connectivity index (χ2v) is 7.97. The molecule has 2 N–H and O–H groups in total. The number of Topliss-reactive ketones (excluding diaryl/α,β-unsaturated/α-hetero) is 1. The Morgan fingerprint density at radius 3 is 2.52 bits per heavy atom. The van der Waals surface area contributed by atoms with Gasteiger partial charge in [0.25, 0.3) is 0 Å². The van der Waals surface area contributed by atoms with Crippen molar-refractivity contribution < 1.29 is 32.6 Å². The molecule has 1 unspecified atom stereocenters. The van der Waals surface area contributed by atoms with Gasteiger partial charge in [0.1, 0.15) is 5.75 Å². The monoisotopic (exact) mass is 433 g/mol. The molecule has 1 atom stereocenters. The number of halogens is 3. The minimum atomic E-state index is -4.54. The van der Waals surface area contributed by atoms with E-state index in [1.165, 1.54) is 13.2 Å². The maximum Gasteiger partial charge on any atom is 0.416 e. The Balaban J connectivity index is 1.95. The first kappa shape index (κ1) is 21.4. The van der Waals surface area contributed by atoms with Crippen molar-refractivity contribution in [1.82, 2.24) is 5.32 Å². The molecule has 0 radical (unpaired) electrons. The number of benzene rings is 2. The SMILES string of the molecule is COc1ccc(CC(=O)O)cc1-c1ccc(C(F)(F)F)c2c1C(C(=O)C1CC1)NCC2. The van der Waals surface area contributed by atoms with Crippen molar-refractivity contribution in [1.29, 1.82) is 0 Å². The van der Waals surface area contributed by atoms with Crippen LogP contribution in [0.3, 0.4) is 0 Å². The highest BCUT2D eigenvalue weighted by Gasteiger charge is 2.42. The lowest BCUT2D eigenvalue weighted by atomic mass is 9.81. The molecule has 0 aromatic heterocycles. The van der Waals surface area contributed by atoms with Crippen LogP contribution in [-0.4, -0.2) is 30.5 Å². The molecule has 0 bridgehead atoms. The Bertz CT molecular complexity index is 1040. The molecule has 31 heavy (non-hydrogen) atoms. The molecule has 8 heteroatoms. The molecule has 4 rings (SSSR count). The summed E-state index contributed by atoms with van der Waals surface area (Å²) in [4.78, 5) is 24.2. The van der Waals surface area contributed by atoms with Crippen LogP contribution in [0.15, 0.2) is 30.3 Å². The van der Waals surface area contributed by atoms with E-state index in [1.54, 1.807) is 18.2 Å². The number of rotatable bonds is 6. The Morgan fingerprint density at radius 1 is 1.16 bits per heavy atom. The Hall–Kier alpha value is -2.87. The van der Waals surface area contributed by atoms with Crippen LogP contribution in [0.25, 0.3) is 11.1 Å². The largest absolute Gasteiger partial charge is 0.496 e. The average molecular weight is 433 g/mol. The van der Waals surface area contributed by atoms with Crippen LogP contribution in [0.1, 0.15) is 41.1 Å². The van der Waals surface area contributed by atoms with E-state index < -0.39 is 23.8 Å². The summed E-state index contributed by atoms with van der Waals surface area (Å²) in [6, 6.07) is 6.40. The van der Waals surface area contributed by atoms with Crippen molar-refractivity contribution >= 4 is 11.8 Å². The van der Waals surface area contributed by atoms with Crippen molar-refractivity contribution in [2.24, 2.45) is 5.92 Å². The molecule has 0 spiro atoms. The summed E-state index contributed by atoms with van der Waals surface area (Å²) in [6.07, 6.45) is -3.13. The predicted octanol–water partition coefficient (Wildman–Crippen LogP) is 4.17. The molecule has 1 heterocycles. The lowest BCUT2D eigenvalue weighted by Gasteiger charge is -2.31. The molecule has 1 aliphatic heterocycles. The number of carbonyl (C=O) groups is 2. The van der Waals surface area contributed by atoms with Crippen LogP contribution in [0.2, 0.25) is 0 Å². The van der Waals surface area contributed by atoms with Crippen LogP contribution in [-0.2, 0) is 28.6 Å². The lowest BCUT2D eigenvalue weighted by Crippen LogP contribution is -2.37.